The Morgan fingerprint density at radius 1 is 1.47 bits per heavy atom. The fraction of sp³-hybridized carbons (Fsp3) is 0.385. The molecule has 6 heteroatoms. The van der Waals surface area contributed by atoms with Crippen LogP contribution in [0.1, 0.15) is 29.3 Å². The second-order valence-electron chi connectivity index (χ2n) is 4.12. The van der Waals surface area contributed by atoms with Gasteiger partial charge in [-0.2, -0.15) is 0 Å². The van der Waals surface area contributed by atoms with Gasteiger partial charge in [-0.25, -0.2) is 9.78 Å². The Labute approximate surface area is 111 Å². The van der Waals surface area contributed by atoms with Crippen LogP contribution in [0.4, 0.5) is 0 Å². The van der Waals surface area contributed by atoms with E-state index in [4.69, 9.17) is 9.47 Å². The average Bonchev–Trinajstić information content (AvgIpc) is 2.85. The molecule has 0 saturated heterocycles. The van der Waals surface area contributed by atoms with Gasteiger partial charge in [-0.05, 0) is 26.1 Å². The van der Waals surface area contributed by atoms with Crippen molar-refractivity contribution < 1.29 is 14.3 Å². The minimum absolute atomic E-state index is 0.00184. The highest BCUT2D eigenvalue weighted by Gasteiger charge is 2.23. The van der Waals surface area contributed by atoms with Crippen LogP contribution in [-0.2, 0) is 4.74 Å². The van der Waals surface area contributed by atoms with Crippen molar-refractivity contribution in [2.45, 2.75) is 13.0 Å². The Hall–Kier alpha value is -2.08. The summed E-state index contributed by atoms with van der Waals surface area (Å²) in [6, 6.07) is 3.63. The second kappa shape index (κ2) is 5.27. The number of hydrogen-bond acceptors (Lipinski definition) is 5. The quantitative estimate of drug-likeness (QED) is 0.845. The molecule has 6 nitrogen and oxygen atoms in total. The molecule has 0 radical (unpaired) electrons. The van der Waals surface area contributed by atoms with Crippen molar-refractivity contribution in [3.63, 3.8) is 0 Å². The Morgan fingerprint density at radius 2 is 2.21 bits per heavy atom. The van der Waals surface area contributed by atoms with Crippen LogP contribution in [0, 0.1) is 0 Å². The summed E-state index contributed by atoms with van der Waals surface area (Å²) in [6.45, 7) is 1.97. The number of nitrogens with zero attached hydrogens (tertiary/aromatic N) is 2. The molecule has 102 valence electrons. The molecule has 1 N–H and O–H groups in total. The fourth-order valence-electron chi connectivity index (χ4n) is 1.97. The predicted octanol–water partition coefficient (Wildman–Crippen LogP) is 1.41. The van der Waals surface area contributed by atoms with E-state index in [1.54, 1.807) is 13.2 Å². The van der Waals surface area contributed by atoms with E-state index in [-0.39, 0.29) is 11.7 Å². The van der Waals surface area contributed by atoms with Crippen molar-refractivity contribution in [3.8, 4) is 5.75 Å². The lowest BCUT2D eigenvalue weighted by molar-refractivity contribution is 0.0596. The smallest absolute Gasteiger partial charge is 0.359 e. The lowest BCUT2D eigenvalue weighted by atomic mass is 10.3. The van der Waals surface area contributed by atoms with Gasteiger partial charge in [0.25, 0.3) is 0 Å². The van der Waals surface area contributed by atoms with Gasteiger partial charge >= 0.3 is 5.97 Å². The topological polar surface area (TPSA) is 64.9 Å². The number of imidazole rings is 1. The van der Waals surface area contributed by atoms with Crippen LogP contribution in [-0.4, -0.2) is 36.6 Å². The molecule has 2 aromatic rings. The third-order valence-corrected chi connectivity index (χ3v) is 3.07. The largest absolute Gasteiger partial charge is 0.494 e. The predicted molar refractivity (Wildman–Crippen MR) is 70.6 cm³/mol. The summed E-state index contributed by atoms with van der Waals surface area (Å²) >= 11 is 0. The minimum atomic E-state index is -0.475. The molecule has 0 spiro atoms. The molecule has 2 rings (SSSR count). The van der Waals surface area contributed by atoms with Gasteiger partial charge in [0.05, 0.1) is 20.3 Å². The van der Waals surface area contributed by atoms with E-state index in [2.05, 4.69) is 10.3 Å². The van der Waals surface area contributed by atoms with Crippen LogP contribution in [0.2, 0.25) is 0 Å². The van der Waals surface area contributed by atoms with E-state index < -0.39 is 5.97 Å². The molecule has 0 aromatic carbocycles. The Bertz CT molecular complexity index is 606. The molecule has 0 aliphatic carbocycles. The van der Waals surface area contributed by atoms with E-state index >= 15 is 0 Å². The van der Waals surface area contributed by atoms with Crippen LogP contribution in [0.25, 0.3) is 5.52 Å². The highest BCUT2D eigenvalue weighted by molar-refractivity contribution is 5.97. The van der Waals surface area contributed by atoms with Crippen molar-refractivity contribution in [3.05, 3.63) is 29.8 Å². The van der Waals surface area contributed by atoms with Gasteiger partial charge in [0.1, 0.15) is 17.1 Å². The van der Waals surface area contributed by atoms with Gasteiger partial charge in [0.15, 0.2) is 5.69 Å². The maximum absolute atomic E-state index is 11.8. The zero-order chi connectivity index (χ0) is 14.0. The molecule has 19 heavy (non-hydrogen) atoms. The van der Waals surface area contributed by atoms with Gasteiger partial charge < -0.3 is 14.8 Å². The molecule has 0 fully saturated rings. The van der Waals surface area contributed by atoms with E-state index in [0.29, 0.717) is 11.3 Å². The molecule has 0 amide bonds. The Kier molecular flexibility index (Phi) is 3.71. The fourth-order valence-corrected chi connectivity index (χ4v) is 1.97. The lowest BCUT2D eigenvalue weighted by Gasteiger charge is -2.09. The van der Waals surface area contributed by atoms with Crippen molar-refractivity contribution in [1.82, 2.24) is 14.7 Å². The number of fused-ring (bicyclic) bond motifs is 1. The van der Waals surface area contributed by atoms with E-state index in [1.165, 1.54) is 7.11 Å². The molecule has 1 unspecified atom stereocenters. The number of ether oxygens (including phenoxy) is 2. The minimum Gasteiger partial charge on any atom is -0.494 e. The summed E-state index contributed by atoms with van der Waals surface area (Å²) in [6.07, 6.45) is 1.85. The van der Waals surface area contributed by atoms with Crippen molar-refractivity contribution >= 4 is 11.5 Å². The van der Waals surface area contributed by atoms with Crippen molar-refractivity contribution in [2.75, 3.05) is 21.3 Å². The summed E-state index contributed by atoms with van der Waals surface area (Å²) in [5.41, 5.74) is 0.881. The van der Waals surface area contributed by atoms with Crippen LogP contribution in [0.5, 0.6) is 5.75 Å². The van der Waals surface area contributed by atoms with Crippen LogP contribution in [0.3, 0.4) is 0 Å². The number of carbonyl (C=O) groups is 1. The third kappa shape index (κ3) is 2.15. The van der Waals surface area contributed by atoms with Crippen LogP contribution in [0.15, 0.2) is 18.3 Å². The van der Waals surface area contributed by atoms with Gasteiger partial charge in [-0.15, -0.1) is 0 Å². The maximum Gasteiger partial charge on any atom is 0.359 e. The number of methoxy groups -OCH3 is 2. The summed E-state index contributed by atoms with van der Waals surface area (Å²) in [5, 5.41) is 3.10. The number of carbonyl (C=O) groups excluding carboxylic acids is 1. The molecule has 0 bridgehead atoms. The van der Waals surface area contributed by atoms with Gasteiger partial charge in [0, 0.05) is 6.20 Å². The Balaban J connectivity index is 2.77. The number of aromatic nitrogens is 2. The van der Waals surface area contributed by atoms with Crippen LogP contribution < -0.4 is 10.1 Å². The molecule has 2 heterocycles. The number of nitrogens with one attached hydrogen (secondary N) is 1. The number of pyridine rings is 1. The summed E-state index contributed by atoms with van der Waals surface area (Å²) < 4.78 is 11.9. The zero-order valence-corrected chi connectivity index (χ0v) is 11.4. The van der Waals surface area contributed by atoms with E-state index in [0.717, 1.165) is 5.82 Å². The molecular weight excluding hydrogens is 246 g/mol. The zero-order valence-electron chi connectivity index (χ0n) is 11.4. The average molecular weight is 263 g/mol. The molecule has 0 saturated carbocycles. The van der Waals surface area contributed by atoms with Gasteiger partial charge in [-0.3, -0.25) is 4.40 Å². The molecular formula is C13H17N3O3. The van der Waals surface area contributed by atoms with Crippen LogP contribution >= 0.6 is 0 Å². The first-order chi connectivity index (χ1) is 9.13. The number of esters is 1. The molecule has 0 aliphatic heterocycles. The molecule has 1 atom stereocenters. The highest BCUT2D eigenvalue weighted by Crippen LogP contribution is 2.27. The second-order valence-corrected chi connectivity index (χ2v) is 4.12. The normalized spacial score (nSPS) is 12.4. The first-order valence-corrected chi connectivity index (χ1v) is 5.94. The van der Waals surface area contributed by atoms with Crippen molar-refractivity contribution in [2.24, 2.45) is 0 Å². The third-order valence-electron chi connectivity index (χ3n) is 3.07. The SMILES string of the molecule is CNC(C)c1nc(C(=O)OC)c2c(OC)cccn12. The standard InChI is InChI=1S/C13H17N3O3/c1-8(14-2)12-15-10(13(17)19-4)11-9(18-3)6-5-7-16(11)12/h5-8,14H,1-4H3. The summed E-state index contributed by atoms with van der Waals surface area (Å²) in [4.78, 5) is 16.2. The van der Waals surface area contributed by atoms with Crippen molar-refractivity contribution in [1.29, 1.82) is 0 Å². The summed E-state index contributed by atoms with van der Waals surface area (Å²) in [7, 11) is 4.73. The molecule has 0 aliphatic rings. The Morgan fingerprint density at radius 3 is 2.79 bits per heavy atom. The highest BCUT2D eigenvalue weighted by atomic mass is 16.5. The van der Waals surface area contributed by atoms with Gasteiger partial charge in [-0.1, -0.05) is 0 Å². The first-order valence-electron chi connectivity index (χ1n) is 5.94. The number of hydrogen-bond donors (Lipinski definition) is 1. The summed E-state index contributed by atoms with van der Waals surface area (Å²) in [5.74, 6) is 0.846. The molecule has 2 aromatic heterocycles. The monoisotopic (exact) mass is 263 g/mol. The van der Waals surface area contributed by atoms with Gasteiger partial charge in [0.2, 0.25) is 0 Å². The number of rotatable bonds is 4. The van der Waals surface area contributed by atoms with E-state index in [1.807, 2.05) is 30.6 Å². The lowest BCUT2D eigenvalue weighted by Crippen LogP contribution is -2.15. The maximum atomic E-state index is 11.8. The van der Waals surface area contributed by atoms with E-state index in [9.17, 15) is 4.79 Å². The first kappa shape index (κ1) is 13.4.